The van der Waals surface area contributed by atoms with Crippen LogP contribution in [0, 0.1) is 40.4 Å². The molecule has 2 unspecified atom stereocenters. The molecule has 4 aliphatic rings. The SMILES string of the molecule is CC(C(=O)O)[C@H]1CC[C@H]2[C@@H]3CCC4=CC(=O)C=C[C@]4(C)[C@H]3C(O)C[C@]12C. The molecule has 0 aromatic heterocycles. The third-order valence-electron chi connectivity index (χ3n) is 8.56. The molecule has 0 radical (unpaired) electrons. The molecular formula is C22H30O4. The van der Waals surface area contributed by atoms with Crippen LogP contribution in [-0.4, -0.2) is 28.1 Å². The van der Waals surface area contributed by atoms with Gasteiger partial charge in [-0.15, -0.1) is 0 Å². The Morgan fingerprint density at radius 1 is 1.27 bits per heavy atom. The molecule has 0 amide bonds. The lowest BCUT2D eigenvalue weighted by Crippen LogP contribution is -2.56. The summed E-state index contributed by atoms with van der Waals surface area (Å²) in [5, 5.41) is 20.8. The number of aliphatic hydroxyl groups excluding tert-OH is 1. The van der Waals surface area contributed by atoms with Gasteiger partial charge in [0.1, 0.15) is 0 Å². The van der Waals surface area contributed by atoms with E-state index in [1.807, 2.05) is 13.0 Å². The summed E-state index contributed by atoms with van der Waals surface area (Å²) in [5.41, 5.74) is 0.820. The van der Waals surface area contributed by atoms with Crippen molar-refractivity contribution in [1.29, 1.82) is 0 Å². The molecular weight excluding hydrogens is 328 g/mol. The van der Waals surface area contributed by atoms with Crippen molar-refractivity contribution in [3.8, 4) is 0 Å². The molecule has 142 valence electrons. The van der Waals surface area contributed by atoms with E-state index in [9.17, 15) is 19.8 Å². The van der Waals surface area contributed by atoms with E-state index in [4.69, 9.17) is 0 Å². The van der Waals surface area contributed by atoms with Crippen molar-refractivity contribution in [3.63, 3.8) is 0 Å². The van der Waals surface area contributed by atoms with Gasteiger partial charge in [-0.1, -0.05) is 32.4 Å². The number of carboxylic acid groups (broad SMARTS) is 1. The maximum absolute atomic E-state index is 11.8. The summed E-state index contributed by atoms with van der Waals surface area (Å²) in [6.07, 6.45) is 9.60. The van der Waals surface area contributed by atoms with E-state index in [0.29, 0.717) is 18.3 Å². The van der Waals surface area contributed by atoms with Crippen LogP contribution < -0.4 is 0 Å². The monoisotopic (exact) mass is 358 g/mol. The second-order valence-electron chi connectivity index (χ2n) is 9.61. The zero-order chi connectivity index (χ0) is 18.9. The predicted molar refractivity (Wildman–Crippen MR) is 98.3 cm³/mol. The van der Waals surface area contributed by atoms with Gasteiger partial charge >= 0.3 is 5.97 Å². The Labute approximate surface area is 155 Å². The third kappa shape index (κ3) is 2.30. The molecule has 3 saturated carbocycles. The molecule has 4 rings (SSSR count). The van der Waals surface area contributed by atoms with Crippen LogP contribution in [0.3, 0.4) is 0 Å². The number of aliphatic carboxylic acids is 1. The van der Waals surface area contributed by atoms with Gasteiger partial charge < -0.3 is 10.2 Å². The van der Waals surface area contributed by atoms with Crippen LogP contribution in [0.15, 0.2) is 23.8 Å². The van der Waals surface area contributed by atoms with E-state index < -0.39 is 12.1 Å². The molecule has 0 aromatic rings. The van der Waals surface area contributed by atoms with Crippen molar-refractivity contribution in [2.24, 2.45) is 40.4 Å². The van der Waals surface area contributed by atoms with Crippen LogP contribution in [0.25, 0.3) is 0 Å². The molecule has 0 aromatic carbocycles. The summed E-state index contributed by atoms with van der Waals surface area (Å²) in [6.45, 7) is 6.23. The quantitative estimate of drug-likeness (QED) is 0.791. The van der Waals surface area contributed by atoms with Crippen molar-refractivity contribution in [3.05, 3.63) is 23.8 Å². The summed E-state index contributed by atoms with van der Waals surface area (Å²) in [4.78, 5) is 23.5. The summed E-state index contributed by atoms with van der Waals surface area (Å²) in [6, 6.07) is 0. The van der Waals surface area contributed by atoms with E-state index in [2.05, 4.69) is 13.8 Å². The molecule has 8 atom stereocenters. The van der Waals surface area contributed by atoms with Crippen LogP contribution in [0.4, 0.5) is 0 Å². The zero-order valence-electron chi connectivity index (χ0n) is 15.9. The third-order valence-corrected chi connectivity index (χ3v) is 8.56. The van der Waals surface area contributed by atoms with E-state index in [0.717, 1.165) is 25.7 Å². The first-order valence-corrected chi connectivity index (χ1v) is 10.0. The summed E-state index contributed by atoms with van der Waals surface area (Å²) < 4.78 is 0. The molecule has 0 saturated heterocycles. The number of carbonyl (C=O) groups excluding carboxylic acids is 1. The molecule has 0 bridgehead atoms. The number of allylic oxidation sites excluding steroid dienone is 4. The maximum Gasteiger partial charge on any atom is 0.306 e. The first-order chi connectivity index (χ1) is 12.2. The highest BCUT2D eigenvalue weighted by Crippen LogP contribution is 2.66. The molecule has 2 N–H and O–H groups in total. The van der Waals surface area contributed by atoms with Gasteiger partial charge in [-0.25, -0.2) is 0 Å². The largest absolute Gasteiger partial charge is 0.481 e. The number of carbonyl (C=O) groups is 2. The number of rotatable bonds is 2. The van der Waals surface area contributed by atoms with Gasteiger partial charge in [0, 0.05) is 11.3 Å². The van der Waals surface area contributed by atoms with Crippen molar-refractivity contribution in [2.75, 3.05) is 0 Å². The Bertz CT molecular complexity index is 707. The van der Waals surface area contributed by atoms with Crippen LogP contribution in [0.2, 0.25) is 0 Å². The fraction of sp³-hybridized carbons (Fsp3) is 0.727. The second kappa shape index (κ2) is 5.79. The Morgan fingerprint density at radius 2 is 2.00 bits per heavy atom. The number of aliphatic hydroxyl groups is 1. The number of carboxylic acids is 1. The summed E-state index contributed by atoms with van der Waals surface area (Å²) in [5.74, 6) is 0.0976. The number of hydrogen-bond acceptors (Lipinski definition) is 3. The number of ketones is 1. The van der Waals surface area contributed by atoms with Gasteiger partial charge in [-0.3, -0.25) is 9.59 Å². The zero-order valence-corrected chi connectivity index (χ0v) is 15.9. The summed E-state index contributed by atoms with van der Waals surface area (Å²) >= 11 is 0. The highest BCUT2D eigenvalue weighted by atomic mass is 16.4. The lowest BCUT2D eigenvalue weighted by Gasteiger charge is -2.59. The number of fused-ring (bicyclic) bond motifs is 5. The highest BCUT2D eigenvalue weighted by Gasteiger charge is 2.62. The second-order valence-corrected chi connectivity index (χ2v) is 9.61. The van der Waals surface area contributed by atoms with E-state index >= 15 is 0 Å². The summed E-state index contributed by atoms with van der Waals surface area (Å²) in [7, 11) is 0. The van der Waals surface area contributed by atoms with Crippen LogP contribution in [0.5, 0.6) is 0 Å². The smallest absolute Gasteiger partial charge is 0.306 e. The van der Waals surface area contributed by atoms with Crippen molar-refractivity contribution >= 4 is 11.8 Å². The van der Waals surface area contributed by atoms with Crippen LogP contribution in [-0.2, 0) is 9.59 Å². The van der Waals surface area contributed by atoms with Crippen molar-refractivity contribution < 1.29 is 19.8 Å². The number of hydrogen-bond donors (Lipinski definition) is 2. The standard InChI is InChI=1S/C22H30O4/c1-12(20(25)26)16-6-7-17-15-5-4-13-10-14(23)8-9-21(13,2)19(15)18(24)11-22(16,17)3/h8-10,12,15-19,24H,4-7,11H2,1-3H3,(H,25,26)/t12?,15-,16+,17-,18?,19+,21-,22+/m0/s1. The fourth-order valence-electron chi connectivity index (χ4n) is 7.36. The molecule has 4 nitrogen and oxygen atoms in total. The Morgan fingerprint density at radius 3 is 2.69 bits per heavy atom. The fourth-order valence-corrected chi connectivity index (χ4v) is 7.36. The Hall–Kier alpha value is -1.42. The van der Waals surface area contributed by atoms with Crippen LogP contribution >= 0.6 is 0 Å². The van der Waals surface area contributed by atoms with Gasteiger partial charge in [0.2, 0.25) is 0 Å². The van der Waals surface area contributed by atoms with E-state index in [1.165, 1.54) is 5.57 Å². The Balaban J connectivity index is 1.70. The van der Waals surface area contributed by atoms with Gasteiger partial charge in [0.15, 0.2) is 5.78 Å². The van der Waals surface area contributed by atoms with Crippen molar-refractivity contribution in [2.45, 2.75) is 59.0 Å². The molecule has 4 aliphatic carbocycles. The Kier molecular flexibility index (Phi) is 4.00. The first-order valence-electron chi connectivity index (χ1n) is 10.0. The minimum Gasteiger partial charge on any atom is -0.481 e. The molecule has 26 heavy (non-hydrogen) atoms. The topological polar surface area (TPSA) is 74.6 Å². The normalized spacial score (nSPS) is 48.2. The highest BCUT2D eigenvalue weighted by molar-refractivity contribution is 6.01. The lowest BCUT2D eigenvalue weighted by atomic mass is 9.46. The molecule has 0 aliphatic heterocycles. The van der Waals surface area contributed by atoms with Gasteiger partial charge in [0.05, 0.1) is 12.0 Å². The van der Waals surface area contributed by atoms with E-state index in [1.54, 1.807) is 12.2 Å². The van der Waals surface area contributed by atoms with Gasteiger partial charge in [-0.05, 0) is 67.4 Å². The van der Waals surface area contributed by atoms with Crippen molar-refractivity contribution in [1.82, 2.24) is 0 Å². The molecule has 3 fully saturated rings. The predicted octanol–water partition coefficient (Wildman–Crippen LogP) is 3.60. The molecule has 0 spiro atoms. The average Bonchev–Trinajstić information content (AvgIpc) is 2.90. The van der Waals surface area contributed by atoms with Gasteiger partial charge in [0.25, 0.3) is 0 Å². The maximum atomic E-state index is 11.8. The minimum atomic E-state index is -0.719. The molecule has 4 heteroatoms. The van der Waals surface area contributed by atoms with E-state index in [-0.39, 0.29) is 34.4 Å². The van der Waals surface area contributed by atoms with Gasteiger partial charge in [-0.2, -0.15) is 0 Å². The van der Waals surface area contributed by atoms with Crippen LogP contribution in [0.1, 0.15) is 52.9 Å². The lowest BCUT2D eigenvalue weighted by molar-refractivity contribution is -0.150. The average molecular weight is 358 g/mol. The molecule has 0 heterocycles. The first kappa shape index (κ1) is 18.0. The minimum absolute atomic E-state index is 0.0577.